The highest BCUT2D eigenvalue weighted by Crippen LogP contribution is 2.20. The molecule has 0 radical (unpaired) electrons. The molecule has 5 nitrogen and oxygen atoms in total. The molecule has 5 heteroatoms. The first-order chi connectivity index (χ1) is 8.99. The van der Waals surface area contributed by atoms with Crippen LogP contribution in [0.25, 0.3) is 0 Å². The number of phenols is 1. The van der Waals surface area contributed by atoms with Crippen molar-refractivity contribution in [2.45, 2.75) is 26.8 Å². The number of oxazole rings is 1. The fraction of sp³-hybridized carbons (Fsp3) is 0.286. The standard InChI is InChI=1S/C14H16N2O3/c1-8-7-15-14(19-8)10(3)16-13(18)11-5-4-6-12(17)9(11)2/h4-7,10,17H,1-3H3,(H,16,18). The maximum absolute atomic E-state index is 12.1. The Bertz CT molecular complexity index is 604. The normalized spacial score (nSPS) is 12.2. The summed E-state index contributed by atoms with van der Waals surface area (Å²) in [5.74, 6) is 0.998. The van der Waals surface area contributed by atoms with E-state index in [0.717, 1.165) is 0 Å². The molecule has 2 rings (SSSR count). The number of nitrogens with one attached hydrogen (secondary N) is 1. The molecule has 2 aromatic rings. The van der Waals surface area contributed by atoms with Crippen LogP contribution in [0.4, 0.5) is 0 Å². The van der Waals surface area contributed by atoms with Gasteiger partial charge in [0.05, 0.1) is 6.20 Å². The fourth-order valence-corrected chi connectivity index (χ4v) is 1.78. The van der Waals surface area contributed by atoms with Crippen molar-refractivity contribution in [1.29, 1.82) is 0 Å². The van der Waals surface area contributed by atoms with Crippen molar-refractivity contribution >= 4 is 5.91 Å². The highest BCUT2D eigenvalue weighted by molar-refractivity contribution is 5.96. The molecule has 19 heavy (non-hydrogen) atoms. The SMILES string of the molecule is Cc1cnc(C(C)NC(=O)c2cccc(O)c2C)o1. The average Bonchev–Trinajstić information content (AvgIpc) is 2.79. The number of aromatic nitrogens is 1. The summed E-state index contributed by atoms with van der Waals surface area (Å²) in [6.07, 6.45) is 1.61. The van der Waals surface area contributed by atoms with E-state index in [4.69, 9.17) is 4.42 Å². The lowest BCUT2D eigenvalue weighted by Gasteiger charge is -2.12. The van der Waals surface area contributed by atoms with Crippen molar-refractivity contribution in [2.75, 3.05) is 0 Å². The zero-order chi connectivity index (χ0) is 14.0. The van der Waals surface area contributed by atoms with Crippen molar-refractivity contribution in [1.82, 2.24) is 10.3 Å². The maximum Gasteiger partial charge on any atom is 0.252 e. The van der Waals surface area contributed by atoms with Gasteiger partial charge in [-0.25, -0.2) is 4.98 Å². The van der Waals surface area contributed by atoms with E-state index in [-0.39, 0.29) is 17.7 Å². The number of amides is 1. The molecule has 0 saturated carbocycles. The van der Waals surface area contributed by atoms with Gasteiger partial charge in [0.25, 0.3) is 5.91 Å². The number of nitrogens with zero attached hydrogens (tertiary/aromatic N) is 1. The average molecular weight is 260 g/mol. The smallest absolute Gasteiger partial charge is 0.252 e. The topological polar surface area (TPSA) is 75.4 Å². The Balaban J connectivity index is 2.15. The Morgan fingerprint density at radius 3 is 2.79 bits per heavy atom. The summed E-state index contributed by atoms with van der Waals surface area (Å²) < 4.78 is 5.36. The Morgan fingerprint density at radius 2 is 2.16 bits per heavy atom. The lowest BCUT2D eigenvalue weighted by Crippen LogP contribution is -2.27. The number of hydrogen-bond donors (Lipinski definition) is 2. The molecule has 1 aromatic heterocycles. The minimum atomic E-state index is -0.331. The van der Waals surface area contributed by atoms with Gasteiger partial charge in [0.1, 0.15) is 17.6 Å². The third-order valence-electron chi connectivity index (χ3n) is 2.91. The molecule has 0 saturated heterocycles. The van der Waals surface area contributed by atoms with Crippen molar-refractivity contribution in [3.05, 3.63) is 47.2 Å². The number of carbonyl (C=O) groups excluding carboxylic acids is 1. The molecule has 0 bridgehead atoms. The van der Waals surface area contributed by atoms with Gasteiger partial charge in [0.2, 0.25) is 5.89 Å². The number of aromatic hydroxyl groups is 1. The zero-order valence-corrected chi connectivity index (χ0v) is 11.1. The zero-order valence-electron chi connectivity index (χ0n) is 11.1. The first-order valence-electron chi connectivity index (χ1n) is 6.01. The molecule has 1 amide bonds. The van der Waals surface area contributed by atoms with Gasteiger partial charge in [-0.3, -0.25) is 4.79 Å². The molecule has 1 aromatic carbocycles. The molecule has 0 aliphatic carbocycles. The maximum atomic E-state index is 12.1. The van der Waals surface area contributed by atoms with Crippen LogP contribution in [0, 0.1) is 13.8 Å². The number of phenolic OH excluding ortho intramolecular Hbond substituents is 1. The van der Waals surface area contributed by atoms with Crippen molar-refractivity contribution in [3.63, 3.8) is 0 Å². The Morgan fingerprint density at radius 1 is 1.42 bits per heavy atom. The number of hydrogen-bond acceptors (Lipinski definition) is 4. The summed E-state index contributed by atoms with van der Waals surface area (Å²) in [5.41, 5.74) is 0.992. The fourth-order valence-electron chi connectivity index (χ4n) is 1.78. The van der Waals surface area contributed by atoms with Crippen LogP contribution in [-0.4, -0.2) is 16.0 Å². The van der Waals surface area contributed by atoms with E-state index < -0.39 is 0 Å². The number of benzene rings is 1. The number of rotatable bonds is 3. The molecule has 0 aliphatic heterocycles. The summed E-state index contributed by atoms with van der Waals surface area (Å²) in [6.45, 7) is 5.29. The highest BCUT2D eigenvalue weighted by atomic mass is 16.4. The van der Waals surface area contributed by atoms with Gasteiger partial charge in [0.15, 0.2) is 0 Å². The van der Waals surface area contributed by atoms with Crippen LogP contribution in [-0.2, 0) is 0 Å². The van der Waals surface area contributed by atoms with E-state index in [2.05, 4.69) is 10.3 Å². The Kier molecular flexibility index (Phi) is 3.55. The van der Waals surface area contributed by atoms with Gasteiger partial charge in [-0.1, -0.05) is 6.07 Å². The van der Waals surface area contributed by atoms with E-state index in [1.165, 1.54) is 0 Å². The molecule has 0 spiro atoms. The summed E-state index contributed by atoms with van der Waals surface area (Å²) in [6, 6.07) is 4.52. The predicted molar refractivity (Wildman–Crippen MR) is 70.0 cm³/mol. The van der Waals surface area contributed by atoms with Crippen LogP contribution in [0.5, 0.6) is 5.75 Å². The molecule has 0 aliphatic rings. The van der Waals surface area contributed by atoms with Crippen molar-refractivity contribution in [3.8, 4) is 5.75 Å². The van der Waals surface area contributed by atoms with Gasteiger partial charge in [-0.15, -0.1) is 0 Å². The third kappa shape index (κ3) is 2.76. The third-order valence-corrected chi connectivity index (χ3v) is 2.91. The number of carbonyl (C=O) groups is 1. The van der Waals surface area contributed by atoms with E-state index in [9.17, 15) is 9.90 Å². The second kappa shape index (κ2) is 5.14. The monoisotopic (exact) mass is 260 g/mol. The minimum Gasteiger partial charge on any atom is -0.508 e. The van der Waals surface area contributed by atoms with Crippen LogP contribution in [0.3, 0.4) is 0 Å². The van der Waals surface area contributed by atoms with Gasteiger partial charge < -0.3 is 14.8 Å². The lowest BCUT2D eigenvalue weighted by molar-refractivity contribution is 0.0933. The van der Waals surface area contributed by atoms with Crippen molar-refractivity contribution < 1.29 is 14.3 Å². The molecule has 1 unspecified atom stereocenters. The molecule has 100 valence electrons. The predicted octanol–water partition coefficient (Wildman–Crippen LogP) is 2.49. The summed E-state index contributed by atoms with van der Waals surface area (Å²) >= 11 is 0. The lowest BCUT2D eigenvalue weighted by atomic mass is 10.1. The second-order valence-electron chi connectivity index (χ2n) is 4.45. The molecule has 1 atom stereocenters. The number of aryl methyl sites for hydroxylation is 1. The summed E-state index contributed by atoms with van der Waals surface area (Å²) in [7, 11) is 0. The van der Waals surface area contributed by atoms with Gasteiger partial charge in [0, 0.05) is 11.1 Å². The highest BCUT2D eigenvalue weighted by Gasteiger charge is 2.17. The molecular weight excluding hydrogens is 244 g/mol. The van der Waals surface area contributed by atoms with Crippen LogP contribution in [0.15, 0.2) is 28.8 Å². The van der Waals surface area contributed by atoms with E-state index in [1.54, 1.807) is 45.2 Å². The molecular formula is C14H16N2O3. The summed E-state index contributed by atoms with van der Waals surface area (Å²) in [4.78, 5) is 16.2. The van der Waals surface area contributed by atoms with E-state index in [0.29, 0.717) is 22.8 Å². The van der Waals surface area contributed by atoms with Crippen LogP contribution < -0.4 is 5.32 Å². The van der Waals surface area contributed by atoms with Crippen LogP contribution in [0.1, 0.15) is 40.5 Å². The Labute approximate surface area is 111 Å². The minimum absolute atomic E-state index is 0.104. The van der Waals surface area contributed by atoms with E-state index in [1.807, 2.05) is 0 Å². The Hall–Kier alpha value is -2.30. The summed E-state index contributed by atoms with van der Waals surface area (Å²) in [5, 5.41) is 12.4. The van der Waals surface area contributed by atoms with Crippen LogP contribution >= 0.6 is 0 Å². The second-order valence-corrected chi connectivity index (χ2v) is 4.45. The van der Waals surface area contributed by atoms with Crippen molar-refractivity contribution in [2.24, 2.45) is 0 Å². The first kappa shape index (κ1) is 13.1. The van der Waals surface area contributed by atoms with Gasteiger partial charge in [-0.2, -0.15) is 0 Å². The van der Waals surface area contributed by atoms with E-state index >= 15 is 0 Å². The largest absolute Gasteiger partial charge is 0.508 e. The quantitative estimate of drug-likeness (QED) is 0.889. The van der Waals surface area contributed by atoms with Gasteiger partial charge in [-0.05, 0) is 32.9 Å². The first-order valence-corrected chi connectivity index (χ1v) is 6.01. The molecule has 1 heterocycles. The van der Waals surface area contributed by atoms with Crippen LogP contribution in [0.2, 0.25) is 0 Å². The van der Waals surface area contributed by atoms with Gasteiger partial charge >= 0.3 is 0 Å². The molecule has 2 N–H and O–H groups in total. The molecule has 0 fully saturated rings.